The van der Waals surface area contributed by atoms with E-state index < -0.39 is 5.66 Å². The number of carbonyl (C=O) groups is 2. The van der Waals surface area contributed by atoms with E-state index in [9.17, 15) is 9.59 Å². The molecule has 0 bridgehead atoms. The average molecular weight is 406 g/mol. The van der Waals surface area contributed by atoms with Gasteiger partial charge in [-0.1, -0.05) is 18.2 Å². The first-order valence-corrected chi connectivity index (χ1v) is 10.1. The number of amides is 2. The Hall–Kier alpha value is -3.19. The Morgan fingerprint density at radius 3 is 2.53 bits per heavy atom. The molecule has 0 atom stereocenters. The fraction of sp³-hybridized carbons (Fsp3) is 0.348. The van der Waals surface area contributed by atoms with Gasteiger partial charge in [0.2, 0.25) is 5.91 Å². The van der Waals surface area contributed by atoms with Crippen LogP contribution in [0.1, 0.15) is 24.0 Å². The van der Waals surface area contributed by atoms with Crippen molar-refractivity contribution in [1.82, 2.24) is 10.2 Å². The smallest absolute Gasteiger partial charge is 0.272 e. The summed E-state index contributed by atoms with van der Waals surface area (Å²) < 4.78 is 5.18. The highest BCUT2D eigenvalue weighted by Crippen LogP contribution is 2.29. The molecule has 1 fully saturated rings. The highest BCUT2D eigenvalue weighted by atomic mass is 16.5. The molecule has 2 heterocycles. The number of piperidine rings is 1. The van der Waals surface area contributed by atoms with Gasteiger partial charge in [-0.25, -0.2) is 0 Å². The molecule has 0 unspecified atom stereocenters. The van der Waals surface area contributed by atoms with Gasteiger partial charge in [0, 0.05) is 37.2 Å². The minimum Gasteiger partial charge on any atom is -0.497 e. The number of nitrogens with zero attached hydrogens (tertiary/aromatic N) is 2. The maximum absolute atomic E-state index is 12.5. The van der Waals surface area contributed by atoms with Gasteiger partial charge >= 0.3 is 0 Å². The van der Waals surface area contributed by atoms with Gasteiger partial charge < -0.3 is 15.4 Å². The number of likely N-dealkylation sites (tertiary alicyclic amines) is 1. The van der Waals surface area contributed by atoms with E-state index in [4.69, 9.17) is 9.73 Å². The van der Waals surface area contributed by atoms with Crippen molar-refractivity contribution in [2.75, 3.05) is 32.1 Å². The molecule has 30 heavy (non-hydrogen) atoms. The first-order chi connectivity index (χ1) is 14.5. The normalized spacial score (nSPS) is 18.1. The lowest BCUT2D eigenvalue weighted by Gasteiger charge is -2.36. The molecule has 0 saturated carbocycles. The molecule has 4 rings (SSSR count). The van der Waals surface area contributed by atoms with Gasteiger partial charge in [0.25, 0.3) is 5.91 Å². The zero-order valence-electron chi connectivity index (χ0n) is 17.3. The molecule has 1 spiro atoms. The number of nitrogens with one attached hydrogen (secondary N) is 2. The number of benzene rings is 2. The zero-order chi connectivity index (χ0) is 21.1. The van der Waals surface area contributed by atoms with E-state index in [1.807, 2.05) is 55.5 Å². The number of para-hydroxylation sites is 1. The van der Waals surface area contributed by atoms with E-state index in [1.165, 1.54) is 0 Å². The number of aliphatic imine (C=N–C) groups is 1. The Bertz CT molecular complexity index is 976. The minimum atomic E-state index is -0.574. The van der Waals surface area contributed by atoms with Gasteiger partial charge in [-0.05, 0) is 42.8 Å². The largest absolute Gasteiger partial charge is 0.497 e. The molecule has 0 radical (unpaired) electrons. The van der Waals surface area contributed by atoms with Crippen LogP contribution in [0.15, 0.2) is 53.5 Å². The third-order valence-electron chi connectivity index (χ3n) is 5.72. The number of anilines is 1. The lowest BCUT2D eigenvalue weighted by molar-refractivity contribution is -0.119. The molecule has 2 aliphatic heterocycles. The first kappa shape index (κ1) is 20.1. The van der Waals surface area contributed by atoms with Crippen molar-refractivity contribution in [3.63, 3.8) is 0 Å². The van der Waals surface area contributed by atoms with Crippen molar-refractivity contribution in [2.45, 2.75) is 25.4 Å². The Kier molecular flexibility index (Phi) is 5.55. The standard InChI is InChI=1S/C23H26N4O3/c1-16-5-3-4-6-19(16)24-20(28)15-27-13-11-23(12-14-27)25-21(22(29)26-23)17-7-9-18(30-2)10-8-17/h3-10H,11-15H2,1-2H3,(H,24,28)(H,26,29). The van der Waals surface area contributed by atoms with E-state index in [-0.39, 0.29) is 11.8 Å². The number of methoxy groups -OCH3 is 1. The summed E-state index contributed by atoms with van der Waals surface area (Å²) in [5, 5.41) is 6.04. The van der Waals surface area contributed by atoms with Gasteiger partial charge in [-0.15, -0.1) is 0 Å². The summed E-state index contributed by atoms with van der Waals surface area (Å²) in [6.45, 7) is 3.69. The molecule has 7 heteroatoms. The summed E-state index contributed by atoms with van der Waals surface area (Å²) >= 11 is 0. The highest BCUT2D eigenvalue weighted by Gasteiger charge is 2.42. The Balaban J connectivity index is 1.36. The van der Waals surface area contributed by atoms with Gasteiger partial charge in [0.1, 0.15) is 17.1 Å². The molecule has 2 aromatic rings. The zero-order valence-corrected chi connectivity index (χ0v) is 17.3. The van der Waals surface area contributed by atoms with Crippen LogP contribution in [-0.2, 0) is 9.59 Å². The number of hydrogen-bond donors (Lipinski definition) is 2. The predicted molar refractivity (Wildman–Crippen MR) is 116 cm³/mol. The monoisotopic (exact) mass is 406 g/mol. The quantitative estimate of drug-likeness (QED) is 0.799. The second-order valence-corrected chi connectivity index (χ2v) is 7.81. The van der Waals surface area contributed by atoms with Crippen molar-refractivity contribution >= 4 is 23.2 Å². The number of hydrogen-bond acceptors (Lipinski definition) is 5. The van der Waals surface area contributed by atoms with E-state index in [0.717, 1.165) is 22.6 Å². The van der Waals surface area contributed by atoms with Crippen LogP contribution in [0.5, 0.6) is 5.75 Å². The van der Waals surface area contributed by atoms with Crippen LogP contribution in [0.3, 0.4) is 0 Å². The van der Waals surface area contributed by atoms with Crippen LogP contribution < -0.4 is 15.4 Å². The van der Waals surface area contributed by atoms with Crippen LogP contribution in [0.2, 0.25) is 0 Å². The number of carbonyl (C=O) groups excluding carboxylic acids is 2. The predicted octanol–water partition coefficient (Wildman–Crippen LogP) is 2.35. The van der Waals surface area contributed by atoms with Crippen LogP contribution in [0.4, 0.5) is 5.69 Å². The molecular formula is C23H26N4O3. The van der Waals surface area contributed by atoms with Crippen molar-refractivity contribution in [3.8, 4) is 5.75 Å². The highest BCUT2D eigenvalue weighted by molar-refractivity contribution is 6.46. The molecule has 2 amide bonds. The van der Waals surface area contributed by atoms with Crippen molar-refractivity contribution in [2.24, 2.45) is 4.99 Å². The fourth-order valence-electron chi connectivity index (χ4n) is 3.93. The van der Waals surface area contributed by atoms with E-state index in [2.05, 4.69) is 15.5 Å². The van der Waals surface area contributed by atoms with Gasteiger partial charge in [-0.2, -0.15) is 0 Å². The lowest BCUT2D eigenvalue weighted by atomic mass is 9.98. The minimum absolute atomic E-state index is 0.0295. The maximum Gasteiger partial charge on any atom is 0.272 e. The summed E-state index contributed by atoms with van der Waals surface area (Å²) in [4.78, 5) is 31.8. The molecule has 1 saturated heterocycles. The van der Waals surface area contributed by atoms with Crippen LogP contribution in [0.25, 0.3) is 0 Å². The van der Waals surface area contributed by atoms with E-state index in [0.29, 0.717) is 38.2 Å². The average Bonchev–Trinajstić information content (AvgIpc) is 3.07. The van der Waals surface area contributed by atoms with Crippen LogP contribution >= 0.6 is 0 Å². The molecule has 2 N–H and O–H groups in total. The fourth-order valence-corrected chi connectivity index (χ4v) is 3.93. The Morgan fingerprint density at radius 2 is 1.87 bits per heavy atom. The first-order valence-electron chi connectivity index (χ1n) is 10.1. The Labute approximate surface area is 176 Å². The van der Waals surface area contributed by atoms with Gasteiger partial charge in [-0.3, -0.25) is 19.5 Å². The summed E-state index contributed by atoms with van der Waals surface area (Å²) in [7, 11) is 1.61. The summed E-state index contributed by atoms with van der Waals surface area (Å²) in [6.07, 6.45) is 1.35. The Morgan fingerprint density at radius 1 is 1.17 bits per heavy atom. The second kappa shape index (κ2) is 8.28. The number of rotatable bonds is 5. The van der Waals surface area contributed by atoms with Crippen LogP contribution in [0, 0.1) is 6.92 Å². The molecule has 2 aromatic carbocycles. The summed E-state index contributed by atoms with van der Waals surface area (Å²) in [5.41, 5.74) is 2.55. The molecule has 0 aliphatic carbocycles. The molecule has 0 aromatic heterocycles. The van der Waals surface area contributed by atoms with E-state index in [1.54, 1.807) is 7.11 Å². The molecular weight excluding hydrogens is 380 g/mol. The summed E-state index contributed by atoms with van der Waals surface area (Å²) in [5.74, 6) is 0.564. The summed E-state index contributed by atoms with van der Waals surface area (Å²) in [6, 6.07) is 15.1. The SMILES string of the molecule is COc1ccc(C2=NC3(CCN(CC(=O)Nc4ccccc4C)CC3)NC2=O)cc1. The third-order valence-corrected chi connectivity index (χ3v) is 5.72. The second-order valence-electron chi connectivity index (χ2n) is 7.81. The molecule has 2 aliphatic rings. The van der Waals surface area contributed by atoms with Crippen molar-refractivity contribution in [3.05, 3.63) is 59.7 Å². The van der Waals surface area contributed by atoms with Crippen LogP contribution in [-0.4, -0.2) is 54.8 Å². The van der Waals surface area contributed by atoms with Gasteiger partial charge in [0.15, 0.2) is 0 Å². The molecule has 7 nitrogen and oxygen atoms in total. The lowest BCUT2D eigenvalue weighted by Crippen LogP contribution is -2.52. The number of aryl methyl sites for hydroxylation is 1. The van der Waals surface area contributed by atoms with Crippen molar-refractivity contribution in [1.29, 1.82) is 0 Å². The van der Waals surface area contributed by atoms with Gasteiger partial charge in [0.05, 0.1) is 13.7 Å². The van der Waals surface area contributed by atoms with E-state index >= 15 is 0 Å². The maximum atomic E-state index is 12.5. The number of ether oxygens (including phenoxy) is 1. The molecule has 156 valence electrons. The van der Waals surface area contributed by atoms with Crippen molar-refractivity contribution < 1.29 is 14.3 Å². The third kappa shape index (κ3) is 4.21. The topological polar surface area (TPSA) is 83.0 Å².